The number of H-pyrrole nitrogens is 1. The number of carbonyl (C=O) groups excluding carboxylic acids is 1. The summed E-state index contributed by atoms with van der Waals surface area (Å²) in [5.74, 6) is 1.26. The number of amides is 1. The SMILES string of the molecule is O=C(CCSc1ccccc1Cl)Nc1ccn[nH]1. The highest BCUT2D eigenvalue weighted by atomic mass is 35.5. The Kier molecular flexibility index (Phi) is 4.66. The minimum absolute atomic E-state index is 0.0428. The molecule has 94 valence electrons. The van der Waals surface area contributed by atoms with E-state index < -0.39 is 0 Å². The van der Waals surface area contributed by atoms with Gasteiger partial charge in [0.25, 0.3) is 0 Å². The van der Waals surface area contributed by atoms with Crippen molar-refractivity contribution >= 4 is 35.1 Å². The molecule has 2 N–H and O–H groups in total. The third kappa shape index (κ3) is 3.78. The number of aromatic amines is 1. The largest absolute Gasteiger partial charge is 0.311 e. The van der Waals surface area contributed by atoms with Gasteiger partial charge in [-0.3, -0.25) is 9.89 Å². The van der Waals surface area contributed by atoms with Gasteiger partial charge in [-0.05, 0) is 12.1 Å². The van der Waals surface area contributed by atoms with Crippen LogP contribution >= 0.6 is 23.4 Å². The van der Waals surface area contributed by atoms with E-state index in [0.29, 0.717) is 18.0 Å². The molecule has 1 amide bonds. The van der Waals surface area contributed by atoms with Gasteiger partial charge in [0.1, 0.15) is 5.82 Å². The molecule has 0 atom stereocenters. The smallest absolute Gasteiger partial charge is 0.226 e. The summed E-state index contributed by atoms with van der Waals surface area (Å²) in [7, 11) is 0. The lowest BCUT2D eigenvalue weighted by Crippen LogP contribution is -2.12. The summed E-state index contributed by atoms with van der Waals surface area (Å²) in [6, 6.07) is 9.31. The Balaban J connectivity index is 1.75. The molecule has 0 saturated heterocycles. The van der Waals surface area contributed by atoms with Crippen molar-refractivity contribution in [3.63, 3.8) is 0 Å². The number of nitrogens with one attached hydrogen (secondary N) is 2. The lowest BCUT2D eigenvalue weighted by atomic mass is 10.4. The fourth-order valence-corrected chi connectivity index (χ4v) is 2.54. The monoisotopic (exact) mass is 281 g/mol. The molecule has 0 aliphatic heterocycles. The van der Waals surface area contributed by atoms with Crippen molar-refractivity contribution in [2.75, 3.05) is 11.1 Å². The van der Waals surface area contributed by atoms with Crippen molar-refractivity contribution in [1.82, 2.24) is 10.2 Å². The number of benzene rings is 1. The number of carbonyl (C=O) groups is 1. The van der Waals surface area contributed by atoms with E-state index >= 15 is 0 Å². The van der Waals surface area contributed by atoms with Crippen LogP contribution in [0.5, 0.6) is 0 Å². The van der Waals surface area contributed by atoms with Crippen LogP contribution in [0.4, 0.5) is 5.82 Å². The predicted octanol–water partition coefficient (Wildman–Crippen LogP) is 3.18. The van der Waals surface area contributed by atoms with Gasteiger partial charge in [0, 0.05) is 23.1 Å². The Bertz CT molecular complexity index is 516. The first-order valence-corrected chi connectivity index (χ1v) is 6.78. The lowest BCUT2D eigenvalue weighted by molar-refractivity contribution is -0.115. The number of hydrogen-bond donors (Lipinski definition) is 2. The fraction of sp³-hybridized carbons (Fsp3) is 0.167. The predicted molar refractivity (Wildman–Crippen MR) is 74.0 cm³/mol. The molecule has 2 aromatic rings. The second-order valence-electron chi connectivity index (χ2n) is 3.55. The minimum atomic E-state index is -0.0428. The molecule has 6 heteroatoms. The first kappa shape index (κ1) is 13.0. The van der Waals surface area contributed by atoms with Crippen LogP contribution in [0.1, 0.15) is 6.42 Å². The standard InChI is InChI=1S/C12H12ClN3OS/c13-9-3-1-2-4-10(9)18-8-6-12(17)15-11-5-7-14-16-11/h1-5,7H,6,8H2,(H2,14,15,16,17). The fourth-order valence-electron chi connectivity index (χ4n) is 1.35. The summed E-state index contributed by atoms with van der Waals surface area (Å²) >= 11 is 7.59. The van der Waals surface area contributed by atoms with E-state index in [1.165, 1.54) is 0 Å². The Hall–Kier alpha value is -1.46. The van der Waals surface area contributed by atoms with Crippen LogP contribution in [0.3, 0.4) is 0 Å². The highest BCUT2D eigenvalue weighted by Crippen LogP contribution is 2.26. The molecular formula is C12H12ClN3OS. The first-order valence-electron chi connectivity index (χ1n) is 5.42. The summed E-state index contributed by atoms with van der Waals surface area (Å²) in [4.78, 5) is 12.6. The van der Waals surface area contributed by atoms with Gasteiger partial charge in [0.15, 0.2) is 0 Å². The van der Waals surface area contributed by atoms with Crippen molar-refractivity contribution in [3.8, 4) is 0 Å². The van der Waals surface area contributed by atoms with Gasteiger partial charge in [0.05, 0.1) is 11.2 Å². The van der Waals surface area contributed by atoms with Crippen LogP contribution in [-0.2, 0) is 4.79 Å². The molecule has 1 aromatic heterocycles. The third-order valence-electron chi connectivity index (χ3n) is 2.20. The number of halogens is 1. The maximum atomic E-state index is 11.6. The number of hydrogen-bond acceptors (Lipinski definition) is 3. The zero-order valence-corrected chi connectivity index (χ0v) is 11.1. The van der Waals surface area contributed by atoms with Gasteiger partial charge in [-0.15, -0.1) is 11.8 Å². The Morgan fingerprint density at radius 1 is 1.39 bits per heavy atom. The first-order chi connectivity index (χ1) is 8.75. The third-order valence-corrected chi connectivity index (χ3v) is 3.72. The van der Waals surface area contributed by atoms with Gasteiger partial charge in [-0.1, -0.05) is 23.7 Å². The van der Waals surface area contributed by atoms with Gasteiger partial charge in [-0.2, -0.15) is 5.10 Å². The van der Waals surface area contributed by atoms with Gasteiger partial charge < -0.3 is 5.32 Å². The van der Waals surface area contributed by atoms with Crippen LogP contribution in [0, 0.1) is 0 Å². The number of rotatable bonds is 5. The summed E-state index contributed by atoms with van der Waals surface area (Å²) in [5, 5.41) is 9.87. The molecule has 0 aliphatic rings. The van der Waals surface area contributed by atoms with E-state index in [9.17, 15) is 4.79 Å². The molecule has 0 fully saturated rings. The molecule has 0 bridgehead atoms. The van der Waals surface area contributed by atoms with Crippen molar-refractivity contribution < 1.29 is 4.79 Å². The van der Waals surface area contributed by atoms with E-state index in [4.69, 9.17) is 11.6 Å². The molecule has 0 aliphatic carbocycles. The molecule has 2 rings (SSSR count). The van der Waals surface area contributed by atoms with Crippen LogP contribution in [0.2, 0.25) is 5.02 Å². The quantitative estimate of drug-likeness (QED) is 0.828. The van der Waals surface area contributed by atoms with Crippen LogP contribution in [0.15, 0.2) is 41.4 Å². The topological polar surface area (TPSA) is 57.8 Å². The number of thioether (sulfide) groups is 1. The van der Waals surface area contributed by atoms with Crippen LogP contribution in [-0.4, -0.2) is 21.9 Å². The molecule has 0 spiro atoms. The molecule has 1 heterocycles. The van der Waals surface area contributed by atoms with Crippen LogP contribution < -0.4 is 5.32 Å². The second-order valence-corrected chi connectivity index (χ2v) is 5.09. The van der Waals surface area contributed by atoms with Crippen molar-refractivity contribution in [2.45, 2.75) is 11.3 Å². The van der Waals surface area contributed by atoms with Gasteiger partial charge in [0.2, 0.25) is 5.91 Å². The van der Waals surface area contributed by atoms with E-state index in [2.05, 4.69) is 15.5 Å². The van der Waals surface area contributed by atoms with Gasteiger partial charge >= 0.3 is 0 Å². The maximum Gasteiger partial charge on any atom is 0.226 e. The van der Waals surface area contributed by atoms with Crippen molar-refractivity contribution in [3.05, 3.63) is 41.6 Å². The minimum Gasteiger partial charge on any atom is -0.311 e. The molecule has 4 nitrogen and oxygen atoms in total. The number of aromatic nitrogens is 2. The summed E-state index contributed by atoms with van der Waals surface area (Å²) in [5.41, 5.74) is 0. The molecular weight excluding hydrogens is 270 g/mol. The van der Waals surface area contributed by atoms with Crippen molar-refractivity contribution in [2.24, 2.45) is 0 Å². The highest BCUT2D eigenvalue weighted by Gasteiger charge is 2.05. The Morgan fingerprint density at radius 2 is 2.22 bits per heavy atom. The average Bonchev–Trinajstić information content (AvgIpc) is 2.84. The molecule has 18 heavy (non-hydrogen) atoms. The summed E-state index contributed by atoms with van der Waals surface area (Å²) in [6.07, 6.45) is 2.02. The van der Waals surface area contributed by atoms with Gasteiger partial charge in [-0.25, -0.2) is 0 Å². The second kappa shape index (κ2) is 6.47. The molecule has 0 unspecified atom stereocenters. The normalized spacial score (nSPS) is 10.3. The average molecular weight is 282 g/mol. The molecule has 0 saturated carbocycles. The summed E-state index contributed by atoms with van der Waals surface area (Å²) in [6.45, 7) is 0. The van der Waals surface area contributed by atoms with Crippen LogP contribution in [0.25, 0.3) is 0 Å². The zero-order valence-electron chi connectivity index (χ0n) is 9.52. The van der Waals surface area contributed by atoms with E-state index in [0.717, 1.165) is 9.92 Å². The lowest BCUT2D eigenvalue weighted by Gasteiger charge is -2.04. The Labute approximate surface area is 114 Å². The Morgan fingerprint density at radius 3 is 2.94 bits per heavy atom. The highest BCUT2D eigenvalue weighted by molar-refractivity contribution is 7.99. The number of nitrogens with zero attached hydrogens (tertiary/aromatic N) is 1. The molecule has 0 radical (unpaired) electrons. The number of anilines is 1. The van der Waals surface area contributed by atoms with Crippen molar-refractivity contribution in [1.29, 1.82) is 0 Å². The van der Waals surface area contributed by atoms with E-state index in [1.54, 1.807) is 24.0 Å². The van der Waals surface area contributed by atoms with E-state index in [-0.39, 0.29) is 5.91 Å². The zero-order chi connectivity index (χ0) is 12.8. The maximum absolute atomic E-state index is 11.6. The van der Waals surface area contributed by atoms with E-state index in [1.807, 2.05) is 24.3 Å². The summed E-state index contributed by atoms with van der Waals surface area (Å²) < 4.78 is 0. The molecule has 1 aromatic carbocycles.